The van der Waals surface area contributed by atoms with Crippen LogP contribution in [0.4, 0.5) is 0 Å². The Balaban J connectivity index is 1.41. The maximum Gasteiger partial charge on any atom is 0.243 e. The van der Waals surface area contributed by atoms with Gasteiger partial charge >= 0.3 is 0 Å². The summed E-state index contributed by atoms with van der Waals surface area (Å²) < 4.78 is 2.33. The number of rotatable bonds is 0. The highest BCUT2D eigenvalue weighted by Gasteiger charge is 2.58. The van der Waals surface area contributed by atoms with Crippen LogP contribution in [0.2, 0.25) is 0 Å². The summed E-state index contributed by atoms with van der Waals surface area (Å²) in [6.45, 7) is 5.74. The topological polar surface area (TPSA) is 46.4 Å². The van der Waals surface area contributed by atoms with E-state index < -0.39 is 0 Å². The Kier molecular flexibility index (Phi) is 3.30. The first-order valence-corrected chi connectivity index (χ1v) is 11.0. The van der Waals surface area contributed by atoms with Gasteiger partial charge in [-0.2, -0.15) is 0 Å². The zero-order chi connectivity index (χ0) is 19.1. The summed E-state index contributed by atoms with van der Waals surface area (Å²) in [6.07, 6.45) is 11.2. The zero-order valence-electron chi connectivity index (χ0n) is 16.9. The Morgan fingerprint density at radius 2 is 2.04 bits per heavy atom. The number of nitrogens with zero attached hydrogens (tertiary/aromatic N) is 2. The van der Waals surface area contributed by atoms with Crippen LogP contribution < -0.4 is 5.32 Å². The molecule has 0 aromatic carbocycles. The van der Waals surface area contributed by atoms with Crippen molar-refractivity contribution < 1.29 is 4.79 Å². The average molecular weight is 376 g/mol. The second-order valence-corrected chi connectivity index (χ2v) is 10.0. The molecular weight excluding hydrogens is 346 g/mol. The Labute approximate surface area is 166 Å². The summed E-state index contributed by atoms with van der Waals surface area (Å²) in [5, 5.41) is 3.08. The summed E-state index contributed by atoms with van der Waals surface area (Å²) in [4.78, 5) is 17.2. The molecule has 0 unspecified atom stereocenters. The minimum absolute atomic E-state index is 0.117. The highest BCUT2D eigenvalue weighted by Crippen LogP contribution is 2.63. The molecule has 1 N–H and O–H groups in total. The van der Waals surface area contributed by atoms with Gasteiger partial charge in [0.2, 0.25) is 5.91 Å². The number of carbonyl (C=O) groups excluding carboxylic acids is 1. The molecule has 0 radical (unpaired) electrons. The van der Waals surface area contributed by atoms with E-state index in [9.17, 15) is 4.79 Å². The van der Waals surface area contributed by atoms with Gasteiger partial charge in [0.25, 0.3) is 0 Å². The molecule has 0 spiro atoms. The van der Waals surface area contributed by atoms with Crippen molar-refractivity contribution in [2.75, 3.05) is 6.54 Å². The second kappa shape index (κ2) is 5.49. The number of hydrogen-bond acceptors (Lipinski definition) is 2. The van der Waals surface area contributed by atoms with Gasteiger partial charge in [-0.25, -0.2) is 4.98 Å². The molecule has 1 aliphatic heterocycles. The van der Waals surface area contributed by atoms with Crippen LogP contribution >= 0.6 is 0 Å². The SMILES string of the molecule is C[C@]12CCNC(=O)C=C1CC[C@@H]1[C@@H]2CC[C@]2(C)c3nc4ccccn4c3C[C@@H]12. The first kappa shape index (κ1) is 16.8. The smallest absolute Gasteiger partial charge is 0.243 e. The van der Waals surface area contributed by atoms with E-state index in [1.54, 1.807) is 0 Å². The Morgan fingerprint density at radius 3 is 2.93 bits per heavy atom. The summed E-state index contributed by atoms with van der Waals surface area (Å²) >= 11 is 0. The Hall–Kier alpha value is -2.10. The van der Waals surface area contributed by atoms with E-state index in [-0.39, 0.29) is 16.7 Å². The maximum absolute atomic E-state index is 12.1. The van der Waals surface area contributed by atoms with Gasteiger partial charge in [-0.15, -0.1) is 0 Å². The first-order valence-electron chi connectivity index (χ1n) is 11.0. The molecule has 1 amide bonds. The number of aromatic nitrogens is 2. The Bertz CT molecular complexity index is 1020. The van der Waals surface area contributed by atoms with E-state index in [1.165, 1.54) is 36.2 Å². The van der Waals surface area contributed by atoms with Crippen LogP contribution in [-0.4, -0.2) is 21.8 Å². The lowest BCUT2D eigenvalue weighted by molar-refractivity contribution is -0.116. The molecule has 4 heteroatoms. The van der Waals surface area contributed by atoms with Crippen molar-refractivity contribution in [3.05, 3.63) is 47.4 Å². The van der Waals surface area contributed by atoms with Crippen LogP contribution in [0.15, 0.2) is 36.0 Å². The van der Waals surface area contributed by atoms with Crippen LogP contribution in [0.25, 0.3) is 5.65 Å². The number of imidazole rings is 1. The van der Waals surface area contributed by atoms with Crippen LogP contribution in [0.1, 0.15) is 57.3 Å². The van der Waals surface area contributed by atoms with Crippen molar-refractivity contribution in [3.8, 4) is 0 Å². The minimum atomic E-state index is 0.117. The number of amides is 1. The molecular formula is C24H29N3O. The number of allylic oxidation sites excluding steroid dienone is 1. The van der Waals surface area contributed by atoms with Crippen molar-refractivity contribution in [3.63, 3.8) is 0 Å². The normalized spacial score (nSPS) is 39.3. The zero-order valence-corrected chi connectivity index (χ0v) is 16.9. The summed E-state index contributed by atoms with van der Waals surface area (Å²) in [5.41, 5.74) is 5.72. The molecule has 3 aliphatic carbocycles. The number of carbonyl (C=O) groups is 1. The molecule has 146 valence electrons. The minimum Gasteiger partial charge on any atom is -0.353 e. The van der Waals surface area contributed by atoms with Crippen molar-refractivity contribution >= 4 is 11.6 Å². The van der Waals surface area contributed by atoms with Crippen molar-refractivity contribution in [1.29, 1.82) is 0 Å². The first-order chi connectivity index (χ1) is 13.5. The largest absolute Gasteiger partial charge is 0.353 e. The predicted molar refractivity (Wildman–Crippen MR) is 109 cm³/mol. The lowest BCUT2D eigenvalue weighted by atomic mass is 9.48. The van der Waals surface area contributed by atoms with Gasteiger partial charge in [0, 0.05) is 29.9 Å². The van der Waals surface area contributed by atoms with Gasteiger partial charge < -0.3 is 9.72 Å². The van der Waals surface area contributed by atoms with E-state index in [1.807, 2.05) is 6.08 Å². The third kappa shape index (κ3) is 2.01. The molecule has 4 aliphatic rings. The summed E-state index contributed by atoms with van der Waals surface area (Å²) in [7, 11) is 0. The fraction of sp³-hybridized carbons (Fsp3) is 0.583. The molecule has 0 saturated heterocycles. The molecule has 2 fully saturated rings. The van der Waals surface area contributed by atoms with Gasteiger partial charge in [0.05, 0.1) is 5.69 Å². The maximum atomic E-state index is 12.1. The Morgan fingerprint density at radius 1 is 1.14 bits per heavy atom. The van der Waals surface area contributed by atoms with E-state index >= 15 is 0 Å². The summed E-state index contributed by atoms with van der Waals surface area (Å²) in [6, 6.07) is 6.35. The van der Waals surface area contributed by atoms with Crippen LogP contribution in [0, 0.1) is 23.2 Å². The van der Waals surface area contributed by atoms with E-state index in [0.717, 1.165) is 37.4 Å². The summed E-state index contributed by atoms with van der Waals surface area (Å²) in [5.74, 6) is 2.23. The number of nitrogens with one attached hydrogen (secondary N) is 1. The molecule has 2 aromatic rings. The molecule has 3 heterocycles. The van der Waals surface area contributed by atoms with E-state index in [4.69, 9.17) is 4.98 Å². The van der Waals surface area contributed by atoms with Crippen LogP contribution in [0.3, 0.4) is 0 Å². The third-order valence-electron chi connectivity index (χ3n) is 8.96. The van der Waals surface area contributed by atoms with Gasteiger partial charge in [-0.1, -0.05) is 25.5 Å². The highest BCUT2D eigenvalue weighted by molar-refractivity contribution is 5.88. The molecule has 28 heavy (non-hydrogen) atoms. The fourth-order valence-electron chi connectivity index (χ4n) is 7.46. The molecule has 2 aromatic heterocycles. The molecule has 5 atom stereocenters. The quantitative estimate of drug-likeness (QED) is 0.755. The van der Waals surface area contributed by atoms with Gasteiger partial charge in [0.15, 0.2) is 0 Å². The molecule has 0 bridgehead atoms. The highest BCUT2D eigenvalue weighted by atomic mass is 16.1. The molecule has 6 rings (SSSR count). The lowest BCUT2D eigenvalue weighted by Gasteiger charge is -2.56. The molecule has 4 nitrogen and oxygen atoms in total. The number of hydrogen-bond donors (Lipinski definition) is 1. The van der Waals surface area contributed by atoms with Crippen LogP contribution in [0.5, 0.6) is 0 Å². The van der Waals surface area contributed by atoms with E-state index in [0.29, 0.717) is 11.8 Å². The number of pyridine rings is 1. The number of fused-ring (bicyclic) bond motifs is 9. The fourth-order valence-corrected chi connectivity index (χ4v) is 7.46. The predicted octanol–water partition coefficient (Wildman–Crippen LogP) is 4.04. The second-order valence-electron chi connectivity index (χ2n) is 10.0. The van der Waals surface area contributed by atoms with Crippen molar-refractivity contribution in [2.24, 2.45) is 23.2 Å². The average Bonchev–Trinajstić information content (AvgIpc) is 3.13. The standard InChI is InChI=1S/C24H29N3O/c1-23-10-11-25-21(28)13-15(23)6-7-16-17(23)8-9-24(2)18(16)14-19-22(24)26-20-5-3-4-12-27(19)20/h3-5,12-13,16-18H,6-11,14H2,1-2H3,(H,25,28)/t16-,17+,18+,23+,24+/m1/s1. The van der Waals surface area contributed by atoms with E-state index in [2.05, 4.69) is 48.0 Å². The third-order valence-corrected chi connectivity index (χ3v) is 8.96. The molecule has 2 saturated carbocycles. The van der Waals surface area contributed by atoms with Crippen molar-refractivity contribution in [1.82, 2.24) is 14.7 Å². The van der Waals surface area contributed by atoms with Crippen LogP contribution in [-0.2, 0) is 16.6 Å². The van der Waals surface area contributed by atoms with Crippen molar-refractivity contribution in [2.45, 2.75) is 57.8 Å². The monoisotopic (exact) mass is 375 g/mol. The lowest BCUT2D eigenvalue weighted by Crippen LogP contribution is -2.50. The van der Waals surface area contributed by atoms with Gasteiger partial charge in [-0.05, 0) is 73.8 Å². The van der Waals surface area contributed by atoms with Gasteiger partial charge in [0.1, 0.15) is 5.65 Å². The van der Waals surface area contributed by atoms with Gasteiger partial charge in [-0.3, -0.25) is 4.79 Å².